The van der Waals surface area contributed by atoms with Crippen LogP contribution in [0.5, 0.6) is 0 Å². The van der Waals surface area contributed by atoms with Crippen LogP contribution in [0.1, 0.15) is 10.4 Å². The SMILES string of the molecule is O=C(c1c(Nc2ccc(I)cc2F)sc2ncccc12)N1C[C@H]2OC(=O)N(CN3CCOCC3)[C@H]2C1. The number of pyridine rings is 1. The molecule has 0 spiro atoms. The highest BCUT2D eigenvalue weighted by Gasteiger charge is 2.49. The van der Waals surface area contributed by atoms with Crippen molar-refractivity contribution in [1.29, 1.82) is 0 Å². The third-order valence-electron chi connectivity index (χ3n) is 6.73. The summed E-state index contributed by atoms with van der Waals surface area (Å²) in [6.07, 6.45) is 0.951. The molecule has 188 valence electrons. The molecule has 36 heavy (non-hydrogen) atoms. The quantitative estimate of drug-likeness (QED) is 0.434. The first kappa shape index (κ1) is 23.8. The van der Waals surface area contributed by atoms with Gasteiger partial charge in [-0.25, -0.2) is 14.2 Å². The normalized spacial score (nSPS) is 22.2. The second-order valence-corrected chi connectivity index (χ2v) is 11.2. The van der Waals surface area contributed by atoms with Crippen LogP contribution in [0.4, 0.5) is 19.9 Å². The van der Waals surface area contributed by atoms with E-state index < -0.39 is 5.82 Å². The van der Waals surface area contributed by atoms with Gasteiger partial charge < -0.3 is 19.7 Å². The van der Waals surface area contributed by atoms with Crippen LogP contribution in [-0.4, -0.2) is 89.9 Å². The summed E-state index contributed by atoms with van der Waals surface area (Å²) in [5.41, 5.74) is 0.743. The second-order valence-electron chi connectivity index (χ2n) is 8.95. The van der Waals surface area contributed by atoms with E-state index in [9.17, 15) is 14.0 Å². The molecule has 3 aliphatic heterocycles. The lowest BCUT2D eigenvalue weighted by Crippen LogP contribution is -2.48. The van der Waals surface area contributed by atoms with Crippen LogP contribution in [0.3, 0.4) is 0 Å². The lowest BCUT2D eigenvalue weighted by Gasteiger charge is -2.32. The topological polar surface area (TPSA) is 87.2 Å². The Morgan fingerprint density at radius 1 is 1.25 bits per heavy atom. The number of hydrogen-bond acceptors (Lipinski definition) is 8. The molecule has 3 saturated heterocycles. The molecule has 9 nitrogen and oxygen atoms in total. The number of nitrogens with zero attached hydrogens (tertiary/aromatic N) is 4. The van der Waals surface area contributed by atoms with Crippen molar-refractivity contribution in [1.82, 2.24) is 19.7 Å². The predicted octanol–water partition coefficient (Wildman–Crippen LogP) is 3.72. The Hall–Kier alpha value is -2.55. The number of rotatable bonds is 5. The van der Waals surface area contributed by atoms with Gasteiger partial charge in [0, 0.05) is 34.8 Å². The van der Waals surface area contributed by atoms with E-state index in [1.165, 1.54) is 17.4 Å². The molecule has 5 heterocycles. The molecule has 3 aromatic rings. The minimum absolute atomic E-state index is 0.195. The number of thiophene rings is 1. The van der Waals surface area contributed by atoms with E-state index in [0.29, 0.717) is 59.4 Å². The van der Waals surface area contributed by atoms with Gasteiger partial charge in [0.1, 0.15) is 21.8 Å². The van der Waals surface area contributed by atoms with Gasteiger partial charge in [-0.05, 0) is 52.9 Å². The Labute approximate surface area is 224 Å². The van der Waals surface area contributed by atoms with Gasteiger partial charge in [0.05, 0.1) is 43.7 Å². The Morgan fingerprint density at radius 3 is 2.89 bits per heavy atom. The molecule has 2 aromatic heterocycles. The number of carbonyl (C=O) groups is 2. The fourth-order valence-electron chi connectivity index (χ4n) is 4.89. The molecule has 0 radical (unpaired) electrons. The van der Waals surface area contributed by atoms with E-state index in [1.807, 2.05) is 6.07 Å². The molecular formula is C24H23FIN5O4S. The highest BCUT2D eigenvalue weighted by molar-refractivity contribution is 14.1. The van der Waals surface area contributed by atoms with Gasteiger partial charge in [-0.1, -0.05) is 11.3 Å². The lowest BCUT2D eigenvalue weighted by molar-refractivity contribution is 0.0133. The highest BCUT2D eigenvalue weighted by atomic mass is 127. The number of benzene rings is 1. The number of ether oxygens (including phenoxy) is 2. The van der Waals surface area contributed by atoms with Crippen molar-refractivity contribution in [2.75, 3.05) is 51.4 Å². The predicted molar refractivity (Wildman–Crippen MR) is 141 cm³/mol. The van der Waals surface area contributed by atoms with Crippen LogP contribution in [0.2, 0.25) is 0 Å². The summed E-state index contributed by atoms with van der Waals surface area (Å²) in [5.74, 6) is -0.591. The first-order valence-corrected chi connectivity index (χ1v) is 13.5. The smallest absolute Gasteiger partial charge is 0.411 e. The minimum atomic E-state index is -0.396. The second kappa shape index (κ2) is 9.72. The summed E-state index contributed by atoms with van der Waals surface area (Å²) in [7, 11) is 0. The summed E-state index contributed by atoms with van der Waals surface area (Å²) in [6, 6.07) is 8.33. The Kier molecular flexibility index (Phi) is 6.44. The molecule has 3 fully saturated rings. The number of halogens is 2. The standard InChI is InChI=1S/C24H23FIN5O4S/c25-16-10-14(26)3-4-17(16)28-22-20(15-2-1-5-27-21(15)36-22)23(32)30-11-18-19(12-30)35-24(33)31(18)13-29-6-8-34-9-7-29/h1-5,10,18-19,28H,6-9,11-13H2/t18-,19+/m0/s1. The van der Waals surface area contributed by atoms with E-state index in [0.717, 1.165) is 16.7 Å². The average molecular weight is 623 g/mol. The summed E-state index contributed by atoms with van der Waals surface area (Å²) in [4.78, 5) is 37.1. The number of hydrogen-bond donors (Lipinski definition) is 1. The number of anilines is 2. The van der Waals surface area contributed by atoms with Crippen molar-refractivity contribution < 1.29 is 23.5 Å². The largest absolute Gasteiger partial charge is 0.442 e. The average Bonchev–Trinajstić information content (AvgIpc) is 3.53. The van der Waals surface area contributed by atoms with Crippen LogP contribution in [0.15, 0.2) is 36.5 Å². The number of fused-ring (bicyclic) bond motifs is 2. The van der Waals surface area contributed by atoms with Gasteiger partial charge in [0.15, 0.2) is 0 Å². The number of aromatic nitrogens is 1. The molecule has 3 aliphatic rings. The molecule has 2 atom stereocenters. The first-order valence-electron chi connectivity index (χ1n) is 11.6. The molecule has 1 aromatic carbocycles. The lowest BCUT2D eigenvalue weighted by atomic mass is 10.1. The minimum Gasteiger partial charge on any atom is -0.442 e. The molecular weight excluding hydrogens is 600 g/mol. The van der Waals surface area contributed by atoms with Crippen LogP contribution in [-0.2, 0) is 9.47 Å². The van der Waals surface area contributed by atoms with Crippen LogP contribution >= 0.6 is 33.9 Å². The number of amides is 2. The molecule has 0 aliphatic carbocycles. The van der Waals surface area contributed by atoms with Crippen LogP contribution in [0.25, 0.3) is 10.2 Å². The van der Waals surface area contributed by atoms with Crippen LogP contribution < -0.4 is 5.32 Å². The molecule has 1 N–H and O–H groups in total. The van der Waals surface area contributed by atoms with Crippen molar-refractivity contribution in [3.63, 3.8) is 0 Å². The van der Waals surface area contributed by atoms with Gasteiger partial charge >= 0.3 is 6.09 Å². The van der Waals surface area contributed by atoms with Crippen molar-refractivity contribution in [3.8, 4) is 0 Å². The summed E-state index contributed by atoms with van der Waals surface area (Å²) >= 11 is 3.37. The van der Waals surface area contributed by atoms with Gasteiger partial charge in [-0.3, -0.25) is 14.6 Å². The van der Waals surface area contributed by atoms with Crippen molar-refractivity contribution >= 4 is 66.8 Å². The highest BCUT2D eigenvalue weighted by Crippen LogP contribution is 2.39. The Balaban J connectivity index is 1.26. The maximum Gasteiger partial charge on any atom is 0.411 e. The van der Waals surface area contributed by atoms with E-state index in [-0.39, 0.29) is 24.1 Å². The van der Waals surface area contributed by atoms with Crippen molar-refractivity contribution in [2.24, 2.45) is 0 Å². The van der Waals surface area contributed by atoms with Gasteiger partial charge in [-0.15, -0.1) is 0 Å². The molecule has 2 amide bonds. The zero-order valence-electron chi connectivity index (χ0n) is 19.2. The van der Waals surface area contributed by atoms with Crippen molar-refractivity contribution in [2.45, 2.75) is 12.1 Å². The maximum atomic E-state index is 14.6. The first-order chi connectivity index (χ1) is 17.5. The summed E-state index contributed by atoms with van der Waals surface area (Å²) in [6.45, 7) is 3.91. The van der Waals surface area contributed by atoms with E-state index in [4.69, 9.17) is 9.47 Å². The number of likely N-dealkylation sites (tertiary alicyclic amines) is 1. The molecule has 12 heteroatoms. The van der Waals surface area contributed by atoms with Gasteiger partial charge in [0.25, 0.3) is 5.91 Å². The molecule has 0 saturated carbocycles. The van der Waals surface area contributed by atoms with E-state index >= 15 is 0 Å². The van der Waals surface area contributed by atoms with Crippen molar-refractivity contribution in [3.05, 3.63) is 51.5 Å². The van der Waals surface area contributed by atoms with E-state index in [1.54, 1.807) is 34.2 Å². The summed E-state index contributed by atoms with van der Waals surface area (Å²) in [5, 5.41) is 4.36. The van der Waals surface area contributed by atoms with Crippen LogP contribution in [0, 0.1) is 9.39 Å². The maximum absolute atomic E-state index is 14.6. The fraction of sp³-hybridized carbons (Fsp3) is 0.375. The zero-order chi connectivity index (χ0) is 24.8. The molecule has 0 unspecified atom stereocenters. The Morgan fingerprint density at radius 2 is 2.08 bits per heavy atom. The molecule has 0 bridgehead atoms. The monoisotopic (exact) mass is 623 g/mol. The Bertz CT molecular complexity index is 1330. The third kappa shape index (κ3) is 4.40. The number of morpholine rings is 1. The molecule has 6 rings (SSSR count). The van der Waals surface area contributed by atoms with Gasteiger partial charge in [0.2, 0.25) is 0 Å². The number of nitrogens with one attached hydrogen (secondary N) is 1. The summed E-state index contributed by atoms with van der Waals surface area (Å²) < 4.78 is 26.4. The van der Waals surface area contributed by atoms with Gasteiger partial charge in [-0.2, -0.15) is 0 Å². The fourth-order valence-corrected chi connectivity index (χ4v) is 6.40. The number of carbonyl (C=O) groups excluding carboxylic acids is 2. The zero-order valence-corrected chi connectivity index (χ0v) is 22.1. The van der Waals surface area contributed by atoms with E-state index in [2.05, 4.69) is 37.8 Å². The third-order valence-corrected chi connectivity index (χ3v) is 8.43.